The van der Waals surface area contributed by atoms with Gasteiger partial charge in [-0.25, -0.2) is 9.67 Å². The maximum Gasteiger partial charge on any atom is 0.417 e. The molecular weight excluding hydrogens is 333 g/mol. The molecule has 25 heavy (non-hydrogen) atoms. The average molecular weight is 354 g/mol. The van der Waals surface area contributed by atoms with Gasteiger partial charge in [-0.2, -0.15) is 18.3 Å². The lowest BCUT2D eigenvalue weighted by atomic mass is 10.0. The molecule has 8 heteroatoms. The fraction of sp³-hybridized carbons (Fsp3) is 0.471. The van der Waals surface area contributed by atoms with E-state index in [4.69, 9.17) is 0 Å². The summed E-state index contributed by atoms with van der Waals surface area (Å²) in [6.07, 6.45) is -1.47. The van der Waals surface area contributed by atoms with Crippen LogP contribution in [0.5, 0.6) is 0 Å². The highest BCUT2D eigenvalue weighted by molar-refractivity contribution is 5.95. The summed E-state index contributed by atoms with van der Waals surface area (Å²) >= 11 is 0. The van der Waals surface area contributed by atoms with Crippen molar-refractivity contribution in [1.29, 1.82) is 0 Å². The fourth-order valence-corrected chi connectivity index (χ4v) is 2.35. The number of alkyl halides is 3. The van der Waals surface area contributed by atoms with E-state index >= 15 is 0 Å². The Hall–Kier alpha value is -2.38. The zero-order chi connectivity index (χ0) is 18.8. The Kier molecular flexibility index (Phi) is 5.49. The van der Waals surface area contributed by atoms with Crippen molar-refractivity contribution in [3.8, 4) is 5.82 Å². The minimum atomic E-state index is -4.45. The Morgan fingerprint density at radius 2 is 1.92 bits per heavy atom. The lowest BCUT2D eigenvalue weighted by Gasteiger charge is -2.15. The minimum Gasteiger partial charge on any atom is -0.349 e. The Bertz CT molecular complexity index is 735. The summed E-state index contributed by atoms with van der Waals surface area (Å²) in [7, 11) is 0. The van der Waals surface area contributed by atoms with E-state index < -0.39 is 11.7 Å². The molecule has 0 aliphatic heterocycles. The summed E-state index contributed by atoms with van der Waals surface area (Å²) in [6, 6.07) is 2.21. The highest BCUT2D eigenvalue weighted by atomic mass is 19.4. The first kappa shape index (κ1) is 19.0. The molecule has 0 aromatic carbocycles. The van der Waals surface area contributed by atoms with Gasteiger partial charge in [0.1, 0.15) is 0 Å². The van der Waals surface area contributed by atoms with Crippen LogP contribution in [0.4, 0.5) is 13.2 Å². The molecule has 0 saturated heterocycles. The summed E-state index contributed by atoms with van der Waals surface area (Å²) < 4.78 is 39.5. The predicted octanol–water partition coefficient (Wildman–Crippen LogP) is 3.94. The quantitative estimate of drug-likeness (QED) is 0.885. The molecule has 1 amide bonds. The summed E-state index contributed by atoms with van der Waals surface area (Å²) in [5.41, 5.74) is 0.175. The third-order valence-electron chi connectivity index (χ3n) is 3.88. The smallest absolute Gasteiger partial charge is 0.349 e. The molecule has 2 heterocycles. The van der Waals surface area contributed by atoms with Gasteiger partial charge in [0.2, 0.25) is 0 Å². The van der Waals surface area contributed by atoms with Gasteiger partial charge < -0.3 is 5.32 Å². The van der Waals surface area contributed by atoms with Crippen LogP contribution in [0.25, 0.3) is 5.82 Å². The molecule has 0 spiro atoms. The molecule has 0 saturated carbocycles. The van der Waals surface area contributed by atoms with Crippen LogP contribution in [-0.2, 0) is 6.18 Å². The Balaban J connectivity index is 2.41. The predicted molar refractivity (Wildman–Crippen MR) is 87.7 cm³/mol. The van der Waals surface area contributed by atoms with Crippen LogP contribution in [0.3, 0.4) is 0 Å². The van der Waals surface area contributed by atoms with Crippen LogP contribution in [0.15, 0.2) is 24.5 Å². The number of carbonyl (C=O) groups is 1. The summed E-state index contributed by atoms with van der Waals surface area (Å²) in [5.74, 6) is -0.0835. The van der Waals surface area contributed by atoms with Crippen molar-refractivity contribution in [3.05, 3.63) is 41.3 Å². The van der Waals surface area contributed by atoms with E-state index in [9.17, 15) is 18.0 Å². The summed E-state index contributed by atoms with van der Waals surface area (Å²) in [6.45, 7) is 7.63. The molecule has 0 radical (unpaired) electrons. The van der Waals surface area contributed by atoms with Gasteiger partial charge in [0.05, 0.1) is 23.0 Å². The van der Waals surface area contributed by atoms with E-state index in [0.29, 0.717) is 11.3 Å². The Morgan fingerprint density at radius 1 is 1.24 bits per heavy atom. The largest absolute Gasteiger partial charge is 0.417 e. The first-order valence-corrected chi connectivity index (χ1v) is 8.07. The molecule has 1 atom stereocenters. The zero-order valence-electron chi connectivity index (χ0n) is 14.6. The van der Waals surface area contributed by atoms with Gasteiger partial charge in [0.25, 0.3) is 5.91 Å². The summed E-state index contributed by atoms with van der Waals surface area (Å²) in [4.78, 5) is 16.3. The molecule has 0 aliphatic carbocycles. The van der Waals surface area contributed by atoms with Crippen molar-refractivity contribution in [2.45, 2.75) is 52.3 Å². The minimum absolute atomic E-state index is 0.0139. The monoisotopic (exact) mass is 354 g/mol. The van der Waals surface area contributed by atoms with Gasteiger partial charge in [-0.15, -0.1) is 0 Å². The molecule has 5 nitrogen and oxygen atoms in total. The second-order valence-corrected chi connectivity index (χ2v) is 6.20. The molecule has 1 N–H and O–H groups in total. The van der Waals surface area contributed by atoms with E-state index in [-0.39, 0.29) is 23.7 Å². The maximum atomic E-state index is 12.7. The van der Waals surface area contributed by atoms with Gasteiger partial charge in [-0.1, -0.05) is 20.8 Å². The molecule has 2 rings (SSSR count). The number of rotatable bonds is 5. The topological polar surface area (TPSA) is 59.8 Å². The SMILES string of the molecule is CCC(C)NC(=O)c1cnn(-c2ccc(C(F)(F)F)cn2)c1C(C)C. The van der Waals surface area contributed by atoms with Gasteiger partial charge in [-0.05, 0) is 31.4 Å². The van der Waals surface area contributed by atoms with Crippen molar-refractivity contribution < 1.29 is 18.0 Å². The van der Waals surface area contributed by atoms with Gasteiger partial charge >= 0.3 is 6.18 Å². The number of aromatic nitrogens is 3. The molecule has 1 unspecified atom stereocenters. The molecule has 0 aliphatic rings. The average Bonchev–Trinajstić information content (AvgIpc) is 2.99. The van der Waals surface area contributed by atoms with E-state index in [1.165, 1.54) is 16.9 Å². The van der Waals surface area contributed by atoms with Crippen LogP contribution in [-0.4, -0.2) is 26.7 Å². The van der Waals surface area contributed by atoms with Gasteiger partial charge in [0.15, 0.2) is 5.82 Å². The zero-order valence-corrected chi connectivity index (χ0v) is 14.6. The number of amides is 1. The third-order valence-corrected chi connectivity index (χ3v) is 3.88. The lowest BCUT2D eigenvalue weighted by Crippen LogP contribution is -2.32. The first-order valence-electron chi connectivity index (χ1n) is 8.07. The van der Waals surface area contributed by atoms with Crippen molar-refractivity contribution in [3.63, 3.8) is 0 Å². The highest BCUT2D eigenvalue weighted by Crippen LogP contribution is 2.29. The van der Waals surface area contributed by atoms with Crippen molar-refractivity contribution in [2.24, 2.45) is 0 Å². The highest BCUT2D eigenvalue weighted by Gasteiger charge is 2.31. The number of carbonyl (C=O) groups excluding carboxylic acids is 1. The second kappa shape index (κ2) is 7.25. The van der Waals surface area contributed by atoms with Crippen molar-refractivity contribution >= 4 is 5.91 Å². The number of halogens is 3. The van der Waals surface area contributed by atoms with Crippen molar-refractivity contribution in [1.82, 2.24) is 20.1 Å². The van der Waals surface area contributed by atoms with Crippen molar-refractivity contribution in [2.75, 3.05) is 0 Å². The number of hydrogen-bond donors (Lipinski definition) is 1. The number of nitrogens with zero attached hydrogens (tertiary/aromatic N) is 3. The molecule has 136 valence electrons. The fourth-order valence-electron chi connectivity index (χ4n) is 2.35. The molecule has 0 bridgehead atoms. The standard InChI is InChI=1S/C17H21F3N4O/c1-5-11(4)23-16(25)13-9-22-24(15(13)10(2)3)14-7-6-12(8-21-14)17(18,19)20/h6-11H,5H2,1-4H3,(H,23,25). The van der Waals surface area contributed by atoms with Crippen LogP contribution >= 0.6 is 0 Å². The summed E-state index contributed by atoms with van der Waals surface area (Å²) in [5, 5.41) is 7.04. The lowest BCUT2D eigenvalue weighted by molar-refractivity contribution is -0.137. The molecule has 2 aromatic rings. The second-order valence-electron chi connectivity index (χ2n) is 6.20. The van der Waals surface area contributed by atoms with E-state index in [1.807, 2.05) is 27.7 Å². The van der Waals surface area contributed by atoms with Crippen LogP contribution in [0.1, 0.15) is 61.6 Å². The van der Waals surface area contributed by atoms with E-state index in [0.717, 1.165) is 18.7 Å². The molecular formula is C17H21F3N4O. The van der Waals surface area contributed by atoms with Gasteiger partial charge in [-0.3, -0.25) is 4.79 Å². The van der Waals surface area contributed by atoms with Crippen LogP contribution < -0.4 is 5.32 Å². The molecule has 2 aromatic heterocycles. The number of hydrogen-bond acceptors (Lipinski definition) is 3. The number of pyridine rings is 1. The first-order chi connectivity index (χ1) is 11.6. The van der Waals surface area contributed by atoms with Crippen LogP contribution in [0.2, 0.25) is 0 Å². The number of nitrogens with one attached hydrogen (secondary N) is 1. The third kappa shape index (κ3) is 4.18. The van der Waals surface area contributed by atoms with E-state index in [1.54, 1.807) is 0 Å². The van der Waals surface area contributed by atoms with Gasteiger partial charge in [0, 0.05) is 12.2 Å². The maximum absolute atomic E-state index is 12.7. The van der Waals surface area contributed by atoms with Crippen LogP contribution in [0, 0.1) is 0 Å². The normalized spacial score (nSPS) is 13.1. The molecule has 0 fully saturated rings. The van der Waals surface area contributed by atoms with E-state index in [2.05, 4.69) is 15.4 Å². The Morgan fingerprint density at radius 3 is 2.40 bits per heavy atom. The Labute approximate surface area is 144 Å².